The summed E-state index contributed by atoms with van der Waals surface area (Å²) in [5, 5.41) is 5.14. The summed E-state index contributed by atoms with van der Waals surface area (Å²) in [6, 6.07) is 14.0. The van der Waals surface area contributed by atoms with Crippen molar-refractivity contribution in [3.8, 4) is 0 Å². The van der Waals surface area contributed by atoms with Gasteiger partial charge < -0.3 is 10.3 Å². The molecule has 3 aromatic rings. The van der Waals surface area contributed by atoms with E-state index in [0.29, 0.717) is 0 Å². The Labute approximate surface area is 150 Å². The number of nitrogens with one attached hydrogen (secondary N) is 2. The van der Waals surface area contributed by atoms with E-state index in [2.05, 4.69) is 81.3 Å². The lowest BCUT2D eigenvalue weighted by Gasteiger charge is -2.27. The van der Waals surface area contributed by atoms with Crippen molar-refractivity contribution in [1.29, 1.82) is 0 Å². The average molecular weight is 332 g/mol. The molecule has 2 N–H and O–H groups in total. The first-order valence-corrected chi connectivity index (χ1v) is 9.29. The van der Waals surface area contributed by atoms with Crippen LogP contribution < -0.4 is 5.32 Å². The first kappa shape index (κ1) is 16.4. The molecule has 1 aliphatic rings. The van der Waals surface area contributed by atoms with E-state index in [9.17, 15) is 0 Å². The van der Waals surface area contributed by atoms with Gasteiger partial charge in [0.2, 0.25) is 0 Å². The topological polar surface area (TPSA) is 27.8 Å². The molecule has 0 spiro atoms. The van der Waals surface area contributed by atoms with E-state index in [4.69, 9.17) is 0 Å². The Morgan fingerprint density at radius 3 is 2.52 bits per heavy atom. The summed E-state index contributed by atoms with van der Waals surface area (Å²) in [6.45, 7) is 12.3. The molecule has 25 heavy (non-hydrogen) atoms. The molecule has 1 aliphatic heterocycles. The van der Waals surface area contributed by atoms with Crippen molar-refractivity contribution < 1.29 is 0 Å². The van der Waals surface area contributed by atoms with E-state index in [1.165, 1.54) is 44.4 Å². The lowest BCUT2D eigenvalue weighted by Crippen LogP contribution is -2.30. The second-order valence-corrected chi connectivity index (χ2v) is 8.59. The number of benzene rings is 2. The monoisotopic (exact) mass is 332 g/mol. The maximum atomic E-state index is 3.74. The largest absolute Gasteiger partial charge is 0.357 e. The molecule has 2 aromatic carbocycles. The van der Waals surface area contributed by atoms with Crippen molar-refractivity contribution in [2.45, 2.75) is 52.5 Å². The molecule has 1 unspecified atom stereocenters. The first-order valence-electron chi connectivity index (χ1n) is 9.29. The predicted octanol–water partition coefficient (Wildman–Crippen LogP) is 5.32. The van der Waals surface area contributed by atoms with Crippen molar-refractivity contribution in [3.63, 3.8) is 0 Å². The van der Waals surface area contributed by atoms with Crippen LogP contribution in [0.3, 0.4) is 0 Å². The Balaban J connectivity index is 1.87. The number of fused-ring (bicyclic) bond motifs is 3. The van der Waals surface area contributed by atoms with Gasteiger partial charge in [-0.25, -0.2) is 0 Å². The molecule has 0 amide bonds. The number of aryl methyl sites for hydroxylation is 2. The van der Waals surface area contributed by atoms with Crippen molar-refractivity contribution in [2.75, 3.05) is 6.54 Å². The van der Waals surface area contributed by atoms with Crippen molar-refractivity contribution in [2.24, 2.45) is 0 Å². The van der Waals surface area contributed by atoms with Gasteiger partial charge in [0.25, 0.3) is 0 Å². The van der Waals surface area contributed by atoms with E-state index in [0.717, 1.165) is 13.0 Å². The highest BCUT2D eigenvalue weighted by Gasteiger charge is 2.26. The van der Waals surface area contributed by atoms with Crippen LogP contribution in [0.1, 0.15) is 60.3 Å². The Bertz CT molecular complexity index is 941. The van der Waals surface area contributed by atoms with Crippen LogP contribution in [0.2, 0.25) is 0 Å². The van der Waals surface area contributed by atoms with E-state index in [1.807, 2.05) is 0 Å². The fourth-order valence-corrected chi connectivity index (χ4v) is 4.04. The first-order chi connectivity index (χ1) is 11.8. The number of aromatic nitrogens is 1. The van der Waals surface area contributed by atoms with E-state index < -0.39 is 0 Å². The summed E-state index contributed by atoms with van der Waals surface area (Å²) in [5.41, 5.74) is 9.69. The number of hydrogen-bond acceptors (Lipinski definition) is 1. The Morgan fingerprint density at radius 2 is 1.76 bits per heavy atom. The molecule has 1 atom stereocenters. The summed E-state index contributed by atoms with van der Waals surface area (Å²) in [6.07, 6.45) is 1.09. The highest BCUT2D eigenvalue weighted by Crippen LogP contribution is 2.35. The van der Waals surface area contributed by atoms with Gasteiger partial charge >= 0.3 is 0 Å². The second kappa shape index (κ2) is 5.74. The normalized spacial score (nSPS) is 17.7. The number of rotatable bonds is 1. The van der Waals surface area contributed by atoms with Crippen LogP contribution in [0.25, 0.3) is 10.9 Å². The zero-order valence-corrected chi connectivity index (χ0v) is 16.0. The molecule has 0 aliphatic carbocycles. The third-order valence-electron chi connectivity index (χ3n) is 5.41. The van der Waals surface area contributed by atoms with E-state index in [-0.39, 0.29) is 11.5 Å². The van der Waals surface area contributed by atoms with Gasteiger partial charge in [0.15, 0.2) is 0 Å². The number of aromatic amines is 1. The molecular formula is C23H28N2. The molecule has 0 fully saturated rings. The van der Waals surface area contributed by atoms with Crippen LogP contribution in [0, 0.1) is 13.8 Å². The predicted molar refractivity (Wildman–Crippen MR) is 106 cm³/mol. The highest BCUT2D eigenvalue weighted by atomic mass is 15.0. The molecular weight excluding hydrogens is 304 g/mol. The molecule has 2 heterocycles. The maximum Gasteiger partial charge on any atom is 0.0732 e. The summed E-state index contributed by atoms with van der Waals surface area (Å²) >= 11 is 0. The zero-order chi connectivity index (χ0) is 17.8. The second-order valence-electron chi connectivity index (χ2n) is 8.59. The minimum absolute atomic E-state index is 0.163. The van der Waals surface area contributed by atoms with Crippen LogP contribution in [0.15, 0.2) is 36.4 Å². The minimum atomic E-state index is 0.163. The van der Waals surface area contributed by atoms with E-state index in [1.54, 1.807) is 0 Å². The van der Waals surface area contributed by atoms with Crippen molar-refractivity contribution >= 4 is 10.9 Å². The molecule has 0 bridgehead atoms. The molecule has 130 valence electrons. The van der Waals surface area contributed by atoms with Crippen LogP contribution in [-0.2, 0) is 11.8 Å². The SMILES string of the molecule is Cc1cc(C2NCCc3c2[nH]c2ccc(C)cc32)cc(C(C)(C)C)c1. The van der Waals surface area contributed by atoms with Gasteiger partial charge in [-0.1, -0.05) is 56.2 Å². The molecule has 2 heteroatoms. The lowest BCUT2D eigenvalue weighted by atomic mass is 9.83. The maximum absolute atomic E-state index is 3.74. The Hall–Kier alpha value is -2.06. The molecule has 1 aromatic heterocycles. The summed E-state index contributed by atoms with van der Waals surface area (Å²) < 4.78 is 0. The highest BCUT2D eigenvalue weighted by molar-refractivity contribution is 5.86. The quantitative estimate of drug-likeness (QED) is 0.620. The third-order valence-corrected chi connectivity index (χ3v) is 5.41. The molecule has 0 saturated heterocycles. The van der Waals surface area contributed by atoms with Gasteiger partial charge in [-0.3, -0.25) is 0 Å². The van der Waals surface area contributed by atoms with Gasteiger partial charge in [-0.05, 0) is 54.5 Å². The van der Waals surface area contributed by atoms with Crippen molar-refractivity contribution in [1.82, 2.24) is 10.3 Å². The third kappa shape index (κ3) is 2.89. The lowest BCUT2D eigenvalue weighted by molar-refractivity contribution is 0.553. The Kier molecular flexibility index (Phi) is 3.77. The minimum Gasteiger partial charge on any atom is -0.357 e. The van der Waals surface area contributed by atoms with Crippen molar-refractivity contribution in [3.05, 3.63) is 69.9 Å². The number of H-pyrrole nitrogens is 1. The fourth-order valence-electron chi connectivity index (χ4n) is 4.04. The van der Waals surface area contributed by atoms with Gasteiger partial charge in [0.1, 0.15) is 0 Å². The molecule has 4 rings (SSSR count). The van der Waals surface area contributed by atoms with Gasteiger partial charge in [-0.2, -0.15) is 0 Å². The molecule has 0 radical (unpaired) electrons. The van der Waals surface area contributed by atoms with Crippen LogP contribution >= 0.6 is 0 Å². The summed E-state index contributed by atoms with van der Waals surface area (Å²) in [5.74, 6) is 0. The summed E-state index contributed by atoms with van der Waals surface area (Å²) in [7, 11) is 0. The average Bonchev–Trinajstić information content (AvgIpc) is 2.91. The zero-order valence-electron chi connectivity index (χ0n) is 16.0. The van der Waals surface area contributed by atoms with Gasteiger partial charge in [0.05, 0.1) is 6.04 Å². The fraction of sp³-hybridized carbons (Fsp3) is 0.391. The Morgan fingerprint density at radius 1 is 0.960 bits per heavy atom. The van der Waals surface area contributed by atoms with Gasteiger partial charge in [0, 0.05) is 23.1 Å². The van der Waals surface area contributed by atoms with Crippen LogP contribution in [0.5, 0.6) is 0 Å². The van der Waals surface area contributed by atoms with Gasteiger partial charge in [-0.15, -0.1) is 0 Å². The van der Waals surface area contributed by atoms with Crippen LogP contribution in [0.4, 0.5) is 0 Å². The van der Waals surface area contributed by atoms with E-state index >= 15 is 0 Å². The molecule has 2 nitrogen and oxygen atoms in total. The summed E-state index contributed by atoms with van der Waals surface area (Å²) in [4.78, 5) is 3.71. The van der Waals surface area contributed by atoms with Crippen LogP contribution in [-0.4, -0.2) is 11.5 Å². The standard InChI is InChI=1S/C23H28N2/c1-14-6-7-20-19(12-14)18-8-9-24-21(22(18)25-20)16-10-15(2)11-17(13-16)23(3,4)5/h6-7,10-13,21,24-25H,8-9H2,1-5H3. The number of hydrogen-bond donors (Lipinski definition) is 2. The smallest absolute Gasteiger partial charge is 0.0732 e. The molecule has 0 saturated carbocycles.